The van der Waals surface area contributed by atoms with Gasteiger partial charge in [-0.2, -0.15) is 0 Å². The normalized spacial score (nSPS) is 26.2. The maximum absolute atomic E-state index is 12.8. The van der Waals surface area contributed by atoms with Crippen molar-refractivity contribution in [3.8, 4) is 0 Å². The van der Waals surface area contributed by atoms with Crippen molar-refractivity contribution in [3.63, 3.8) is 0 Å². The van der Waals surface area contributed by atoms with E-state index in [1.54, 1.807) is 6.92 Å². The van der Waals surface area contributed by atoms with E-state index in [0.29, 0.717) is 12.0 Å². The van der Waals surface area contributed by atoms with Crippen molar-refractivity contribution in [2.45, 2.75) is 31.3 Å². The van der Waals surface area contributed by atoms with Gasteiger partial charge in [-0.05, 0) is 24.5 Å². The van der Waals surface area contributed by atoms with Gasteiger partial charge in [-0.3, -0.25) is 9.59 Å². The zero-order valence-electron chi connectivity index (χ0n) is 14.2. The smallest absolute Gasteiger partial charge is 0.317 e. The van der Waals surface area contributed by atoms with Crippen LogP contribution in [-0.4, -0.2) is 23.5 Å². The van der Waals surface area contributed by atoms with Gasteiger partial charge in [0.05, 0.1) is 12.2 Å². The van der Waals surface area contributed by atoms with Gasteiger partial charge in [0, 0.05) is 12.3 Å². The van der Waals surface area contributed by atoms with Crippen LogP contribution in [0.25, 0.3) is 0 Å². The van der Waals surface area contributed by atoms with E-state index < -0.39 is 23.4 Å². The van der Waals surface area contributed by atoms with Crippen molar-refractivity contribution >= 4 is 11.8 Å². The van der Waals surface area contributed by atoms with Crippen LogP contribution in [0.3, 0.4) is 0 Å². The quantitative estimate of drug-likeness (QED) is 0.687. The third-order valence-electron chi connectivity index (χ3n) is 4.85. The highest BCUT2D eigenvalue weighted by Gasteiger charge is 2.49. The van der Waals surface area contributed by atoms with E-state index in [4.69, 9.17) is 4.74 Å². The second kappa shape index (κ2) is 7.19. The second-order valence-corrected chi connectivity index (χ2v) is 6.49. The molecule has 0 saturated heterocycles. The molecule has 0 aliphatic heterocycles. The van der Waals surface area contributed by atoms with Gasteiger partial charge >= 0.3 is 5.97 Å². The summed E-state index contributed by atoms with van der Waals surface area (Å²) in [5, 5.41) is 11.2. The molecule has 2 aromatic rings. The number of ether oxygens (including phenoxy) is 1. The largest absolute Gasteiger partial charge is 0.465 e. The average molecular weight is 338 g/mol. The lowest BCUT2D eigenvalue weighted by molar-refractivity contribution is -0.158. The molecule has 1 aliphatic carbocycles. The Balaban J connectivity index is 2.01. The molecule has 0 unspecified atom stereocenters. The molecule has 25 heavy (non-hydrogen) atoms. The lowest BCUT2D eigenvalue weighted by Crippen LogP contribution is -2.45. The van der Waals surface area contributed by atoms with Gasteiger partial charge in [0.25, 0.3) is 0 Å². The molecule has 0 amide bonds. The van der Waals surface area contributed by atoms with Crippen molar-refractivity contribution in [2.24, 2.45) is 5.92 Å². The molecule has 130 valence electrons. The first kappa shape index (κ1) is 17.4. The van der Waals surface area contributed by atoms with E-state index in [1.807, 2.05) is 60.7 Å². The van der Waals surface area contributed by atoms with Crippen LogP contribution in [0.2, 0.25) is 0 Å². The fourth-order valence-corrected chi connectivity index (χ4v) is 3.68. The van der Waals surface area contributed by atoms with Crippen LogP contribution in [0.15, 0.2) is 60.7 Å². The number of aliphatic hydroxyl groups is 1. The molecule has 4 nitrogen and oxygen atoms in total. The monoisotopic (exact) mass is 338 g/mol. The lowest BCUT2D eigenvalue weighted by Gasteiger charge is -2.40. The van der Waals surface area contributed by atoms with E-state index in [1.165, 1.54) is 0 Å². The highest BCUT2D eigenvalue weighted by molar-refractivity contribution is 6.01. The molecule has 1 fully saturated rings. The van der Waals surface area contributed by atoms with Gasteiger partial charge in [0.2, 0.25) is 0 Å². The Bertz CT molecular complexity index is 741. The topological polar surface area (TPSA) is 63.6 Å². The summed E-state index contributed by atoms with van der Waals surface area (Å²) in [5.41, 5.74) is 0.288. The zero-order valence-corrected chi connectivity index (χ0v) is 14.2. The SMILES string of the molecule is CCOC(=O)[C@@H]1C(=O)C[C@](O)(c2ccccc2)C[C@H]1c1ccccc1. The molecule has 3 atom stereocenters. The van der Waals surface area contributed by atoms with E-state index in [0.717, 1.165) is 5.56 Å². The van der Waals surface area contributed by atoms with Crippen LogP contribution in [0, 0.1) is 5.92 Å². The molecule has 0 aromatic heterocycles. The minimum absolute atomic E-state index is 0.0795. The molecular formula is C21H22O4. The standard InChI is InChI=1S/C21H22O4/c1-2-25-20(23)19-17(15-9-5-3-6-10-15)13-21(24,14-18(19)22)16-11-7-4-8-12-16/h3-12,17,19,24H,2,13-14H2,1H3/t17-,19-,21-/m0/s1. The van der Waals surface area contributed by atoms with Crippen molar-refractivity contribution in [1.82, 2.24) is 0 Å². The van der Waals surface area contributed by atoms with Crippen LogP contribution in [0.5, 0.6) is 0 Å². The molecule has 4 heteroatoms. The first-order chi connectivity index (χ1) is 12.0. The number of benzene rings is 2. The summed E-state index contributed by atoms with van der Waals surface area (Å²) in [6.07, 6.45) is 0.222. The molecular weight excluding hydrogens is 316 g/mol. The van der Waals surface area contributed by atoms with Gasteiger partial charge < -0.3 is 9.84 Å². The Kier molecular flexibility index (Phi) is 5.00. The summed E-state index contributed by atoms with van der Waals surface area (Å²) in [7, 11) is 0. The molecule has 1 aliphatic rings. The van der Waals surface area contributed by atoms with Crippen molar-refractivity contribution in [1.29, 1.82) is 0 Å². The van der Waals surface area contributed by atoms with E-state index in [-0.39, 0.29) is 18.8 Å². The van der Waals surface area contributed by atoms with Gasteiger partial charge in [0.1, 0.15) is 5.92 Å². The Morgan fingerprint density at radius 1 is 1.12 bits per heavy atom. The fraction of sp³-hybridized carbons (Fsp3) is 0.333. The predicted octanol–water partition coefficient (Wildman–Crippen LogP) is 3.20. The molecule has 2 aromatic carbocycles. The van der Waals surface area contributed by atoms with Crippen LogP contribution in [-0.2, 0) is 19.9 Å². The molecule has 0 bridgehead atoms. The number of carbonyl (C=O) groups is 2. The third kappa shape index (κ3) is 3.49. The number of carbonyl (C=O) groups excluding carboxylic acids is 2. The van der Waals surface area contributed by atoms with Crippen molar-refractivity contribution in [2.75, 3.05) is 6.61 Å². The summed E-state index contributed by atoms with van der Waals surface area (Å²) in [5.74, 6) is -2.06. The molecule has 0 heterocycles. The minimum atomic E-state index is -1.28. The summed E-state index contributed by atoms with van der Waals surface area (Å²) in [6, 6.07) is 18.6. The minimum Gasteiger partial charge on any atom is -0.465 e. The van der Waals surface area contributed by atoms with E-state index in [2.05, 4.69) is 0 Å². The Morgan fingerprint density at radius 2 is 1.72 bits per heavy atom. The number of esters is 1. The lowest BCUT2D eigenvalue weighted by atomic mass is 9.66. The zero-order chi connectivity index (χ0) is 17.9. The van der Waals surface area contributed by atoms with Crippen LogP contribution >= 0.6 is 0 Å². The average Bonchev–Trinajstić information content (AvgIpc) is 2.63. The maximum Gasteiger partial charge on any atom is 0.317 e. The second-order valence-electron chi connectivity index (χ2n) is 6.49. The number of hydrogen-bond donors (Lipinski definition) is 1. The van der Waals surface area contributed by atoms with Gasteiger partial charge in [-0.1, -0.05) is 60.7 Å². The molecule has 0 radical (unpaired) electrons. The highest BCUT2D eigenvalue weighted by Crippen LogP contribution is 2.46. The van der Waals surface area contributed by atoms with Crippen LogP contribution in [0.4, 0.5) is 0 Å². The summed E-state index contributed by atoms with van der Waals surface area (Å²) in [6.45, 7) is 1.95. The molecule has 3 rings (SSSR count). The summed E-state index contributed by atoms with van der Waals surface area (Å²) in [4.78, 5) is 25.2. The summed E-state index contributed by atoms with van der Waals surface area (Å²) < 4.78 is 5.14. The highest BCUT2D eigenvalue weighted by atomic mass is 16.5. The number of hydrogen-bond acceptors (Lipinski definition) is 4. The number of rotatable bonds is 4. The van der Waals surface area contributed by atoms with Crippen LogP contribution < -0.4 is 0 Å². The van der Waals surface area contributed by atoms with E-state index in [9.17, 15) is 14.7 Å². The first-order valence-corrected chi connectivity index (χ1v) is 8.57. The maximum atomic E-state index is 12.8. The van der Waals surface area contributed by atoms with Gasteiger partial charge in [-0.15, -0.1) is 0 Å². The molecule has 0 spiro atoms. The Morgan fingerprint density at radius 3 is 2.32 bits per heavy atom. The third-order valence-corrected chi connectivity index (χ3v) is 4.85. The first-order valence-electron chi connectivity index (χ1n) is 8.57. The Labute approximate surface area is 147 Å². The summed E-state index contributed by atoms with van der Waals surface area (Å²) >= 11 is 0. The van der Waals surface area contributed by atoms with Crippen molar-refractivity contribution in [3.05, 3.63) is 71.8 Å². The molecule has 1 N–H and O–H groups in total. The van der Waals surface area contributed by atoms with Gasteiger partial charge in [0.15, 0.2) is 5.78 Å². The fourth-order valence-electron chi connectivity index (χ4n) is 3.68. The Hall–Kier alpha value is -2.46. The van der Waals surface area contributed by atoms with Crippen LogP contribution in [0.1, 0.15) is 36.8 Å². The van der Waals surface area contributed by atoms with Crippen molar-refractivity contribution < 1.29 is 19.4 Å². The molecule has 1 saturated carbocycles. The number of Topliss-reactive ketones (excluding diaryl/α,β-unsaturated/α-hetero) is 1. The van der Waals surface area contributed by atoms with Gasteiger partial charge in [-0.25, -0.2) is 0 Å². The number of ketones is 1. The van der Waals surface area contributed by atoms with E-state index >= 15 is 0 Å². The predicted molar refractivity (Wildman–Crippen MR) is 93.9 cm³/mol.